The highest BCUT2D eigenvalue weighted by molar-refractivity contribution is 5.89. The summed E-state index contributed by atoms with van der Waals surface area (Å²) in [6, 6.07) is 30.2. The molecule has 4 heteroatoms. The Morgan fingerprint density at radius 2 is 1.29 bits per heavy atom. The van der Waals surface area contributed by atoms with Gasteiger partial charge < -0.3 is 4.90 Å². The molecule has 1 aliphatic heterocycles. The van der Waals surface area contributed by atoms with Crippen LogP contribution in [0.3, 0.4) is 0 Å². The monoisotopic (exact) mass is 566 g/mol. The molecule has 6 rings (SSSR count). The molecule has 0 N–H and O–H groups in total. The average Bonchev–Trinajstić information content (AvgIpc) is 3.01. The second-order valence-corrected chi connectivity index (χ2v) is 11.7. The molecule has 4 aromatic rings. The van der Waals surface area contributed by atoms with E-state index in [2.05, 4.69) is 89.4 Å². The number of likely N-dealkylation sites (tertiary alicyclic amines) is 1. The fraction of sp³-hybridized carbons (Fsp3) is 0.474. The summed E-state index contributed by atoms with van der Waals surface area (Å²) in [5.74, 6) is 3.71. The molecule has 0 spiro atoms. The Bertz CT molecular complexity index is 1240. The summed E-state index contributed by atoms with van der Waals surface area (Å²) in [5.41, 5.74) is 3.82. The molecule has 0 bridgehead atoms. The molecule has 0 radical (unpaired) electrons. The van der Waals surface area contributed by atoms with Crippen LogP contribution in [-0.2, 0) is 0 Å². The van der Waals surface area contributed by atoms with E-state index in [1.807, 2.05) is 64.0 Å². The highest BCUT2D eigenvalue weighted by Crippen LogP contribution is 2.35. The van der Waals surface area contributed by atoms with Crippen molar-refractivity contribution in [3.63, 3.8) is 0 Å². The predicted octanol–water partition coefficient (Wildman–Crippen LogP) is 9.73. The maximum absolute atomic E-state index is 4.42. The Labute approximate surface area is 256 Å². The lowest BCUT2D eigenvalue weighted by Gasteiger charge is -2.44. The smallest absolute Gasteiger partial charge is 0.139 e. The first-order valence-electron chi connectivity index (χ1n) is 16.2. The number of hydrogen-bond donors (Lipinski definition) is 0. The highest BCUT2D eigenvalue weighted by Gasteiger charge is 2.32. The van der Waals surface area contributed by atoms with Crippen LogP contribution in [0.4, 0.5) is 5.82 Å². The van der Waals surface area contributed by atoms with Gasteiger partial charge in [-0.3, -0.25) is 4.90 Å². The summed E-state index contributed by atoms with van der Waals surface area (Å²) in [7, 11) is 3.99. The Balaban J connectivity index is 0.000000184. The van der Waals surface area contributed by atoms with Gasteiger partial charge >= 0.3 is 0 Å². The van der Waals surface area contributed by atoms with Crippen LogP contribution in [0.25, 0.3) is 10.9 Å². The van der Waals surface area contributed by atoms with Gasteiger partial charge in [-0.15, -0.1) is 0 Å². The second-order valence-electron chi connectivity index (χ2n) is 11.7. The zero-order chi connectivity index (χ0) is 30.3. The number of rotatable bonds is 5. The van der Waals surface area contributed by atoms with Gasteiger partial charge in [0.05, 0.1) is 11.6 Å². The molecular weight excluding hydrogens is 512 g/mol. The molecule has 1 saturated heterocycles. The molecule has 4 nitrogen and oxygen atoms in total. The summed E-state index contributed by atoms with van der Waals surface area (Å²) >= 11 is 0. The van der Waals surface area contributed by atoms with Crippen LogP contribution in [0.5, 0.6) is 0 Å². The molecule has 42 heavy (non-hydrogen) atoms. The fourth-order valence-corrected chi connectivity index (χ4v) is 5.78. The SMILES string of the molecule is CC.CC1CCCCC1.CCC1CN(C(c2ccccc2)c2ccccc2)C1.Cc1nc(N(C)C)c2ccccc2n1. The molecule has 1 saturated carbocycles. The number of nitrogens with zero attached hydrogens (tertiary/aromatic N) is 4. The number of anilines is 1. The van der Waals surface area contributed by atoms with Crippen LogP contribution in [0, 0.1) is 18.8 Å². The first kappa shape index (κ1) is 33.3. The van der Waals surface area contributed by atoms with E-state index in [4.69, 9.17) is 0 Å². The van der Waals surface area contributed by atoms with Crippen LogP contribution >= 0.6 is 0 Å². The van der Waals surface area contributed by atoms with Crippen LogP contribution in [0.2, 0.25) is 0 Å². The average molecular weight is 567 g/mol. The quantitative estimate of drug-likeness (QED) is 0.241. The third-order valence-electron chi connectivity index (χ3n) is 8.17. The molecule has 0 unspecified atom stereocenters. The Morgan fingerprint density at radius 3 is 1.76 bits per heavy atom. The van der Waals surface area contributed by atoms with Gasteiger partial charge in [0.15, 0.2) is 0 Å². The maximum Gasteiger partial charge on any atom is 0.139 e. The zero-order valence-electron chi connectivity index (χ0n) is 27.3. The van der Waals surface area contributed by atoms with Crippen molar-refractivity contribution >= 4 is 16.7 Å². The van der Waals surface area contributed by atoms with Crippen molar-refractivity contribution in [3.05, 3.63) is 102 Å². The second kappa shape index (κ2) is 17.7. The molecule has 226 valence electrons. The molecule has 1 aromatic heterocycles. The number of fused-ring (bicyclic) bond motifs is 1. The number of aromatic nitrogens is 2. The maximum atomic E-state index is 4.42. The van der Waals surface area contributed by atoms with Crippen LogP contribution in [0.1, 0.15) is 89.2 Å². The normalized spacial score (nSPS) is 15.3. The highest BCUT2D eigenvalue weighted by atomic mass is 15.2. The van der Waals surface area contributed by atoms with Crippen molar-refractivity contribution < 1.29 is 0 Å². The van der Waals surface area contributed by atoms with Gasteiger partial charge in [-0.2, -0.15) is 0 Å². The number of aryl methyl sites for hydroxylation is 1. The molecule has 0 amide bonds. The molecule has 1 aliphatic carbocycles. The minimum atomic E-state index is 0.421. The largest absolute Gasteiger partial charge is 0.362 e. The third kappa shape index (κ3) is 9.66. The third-order valence-corrected chi connectivity index (χ3v) is 8.17. The van der Waals surface area contributed by atoms with E-state index < -0.39 is 0 Å². The van der Waals surface area contributed by atoms with Gasteiger partial charge in [0, 0.05) is 32.6 Å². The van der Waals surface area contributed by atoms with Gasteiger partial charge in [-0.05, 0) is 42.0 Å². The van der Waals surface area contributed by atoms with Crippen molar-refractivity contribution in [2.75, 3.05) is 32.1 Å². The molecule has 0 atom stereocenters. The lowest BCUT2D eigenvalue weighted by Crippen LogP contribution is -2.48. The first-order chi connectivity index (χ1) is 20.5. The number of benzene rings is 3. The number of para-hydroxylation sites is 1. The van der Waals surface area contributed by atoms with E-state index in [0.717, 1.165) is 34.4 Å². The van der Waals surface area contributed by atoms with E-state index in [1.165, 1.54) is 62.7 Å². The van der Waals surface area contributed by atoms with Gasteiger partial charge in [0.1, 0.15) is 11.6 Å². The summed E-state index contributed by atoms with van der Waals surface area (Å²) in [6.45, 7) is 13.0. The van der Waals surface area contributed by atoms with Gasteiger partial charge in [0.2, 0.25) is 0 Å². The minimum Gasteiger partial charge on any atom is -0.362 e. The van der Waals surface area contributed by atoms with E-state index in [-0.39, 0.29) is 0 Å². The van der Waals surface area contributed by atoms with E-state index >= 15 is 0 Å². The van der Waals surface area contributed by atoms with E-state index in [9.17, 15) is 0 Å². The van der Waals surface area contributed by atoms with Crippen LogP contribution < -0.4 is 4.90 Å². The summed E-state index contributed by atoms with van der Waals surface area (Å²) in [4.78, 5) is 13.4. The fourth-order valence-electron chi connectivity index (χ4n) is 5.78. The van der Waals surface area contributed by atoms with Gasteiger partial charge in [-0.1, -0.05) is 139 Å². The lowest BCUT2D eigenvalue weighted by molar-refractivity contribution is 0.0665. The van der Waals surface area contributed by atoms with Crippen molar-refractivity contribution in [1.29, 1.82) is 0 Å². The number of hydrogen-bond acceptors (Lipinski definition) is 4. The zero-order valence-corrected chi connectivity index (χ0v) is 27.3. The van der Waals surface area contributed by atoms with Crippen molar-refractivity contribution in [1.82, 2.24) is 14.9 Å². The molecule has 2 aliphatic rings. The standard InChI is InChI=1S/C18H21N.C11H13N3.C7H14.C2H6/c1-2-15-13-19(14-15)18(16-9-5-3-6-10-16)17-11-7-4-8-12-17;1-8-12-10-7-5-4-6-9(10)11(13-8)14(2)3;1-7-5-3-2-4-6-7;1-2/h3-12,15,18H,2,13-14H2,1H3;4-7H,1-3H3;7H,2-6H2,1H3;1-2H3. The first-order valence-corrected chi connectivity index (χ1v) is 16.2. The Hall–Kier alpha value is -3.24. The van der Waals surface area contributed by atoms with Crippen molar-refractivity contribution in [2.45, 2.75) is 79.2 Å². The topological polar surface area (TPSA) is 32.3 Å². The Morgan fingerprint density at radius 1 is 0.762 bits per heavy atom. The van der Waals surface area contributed by atoms with Crippen LogP contribution in [0.15, 0.2) is 84.9 Å². The van der Waals surface area contributed by atoms with Gasteiger partial charge in [-0.25, -0.2) is 9.97 Å². The summed E-state index contributed by atoms with van der Waals surface area (Å²) in [6.07, 6.45) is 8.74. The van der Waals surface area contributed by atoms with Gasteiger partial charge in [0.25, 0.3) is 0 Å². The Kier molecular flexibility index (Phi) is 14.0. The molecule has 3 aromatic carbocycles. The molecule has 2 heterocycles. The summed E-state index contributed by atoms with van der Waals surface area (Å²) in [5, 5.41) is 1.10. The lowest BCUT2D eigenvalue weighted by atomic mass is 9.89. The van der Waals surface area contributed by atoms with E-state index in [0.29, 0.717) is 6.04 Å². The van der Waals surface area contributed by atoms with E-state index in [1.54, 1.807) is 0 Å². The van der Waals surface area contributed by atoms with Crippen molar-refractivity contribution in [2.24, 2.45) is 11.8 Å². The minimum absolute atomic E-state index is 0.421. The molecular formula is C38H54N4. The molecule has 2 fully saturated rings. The summed E-state index contributed by atoms with van der Waals surface area (Å²) < 4.78 is 0. The van der Waals surface area contributed by atoms with Crippen molar-refractivity contribution in [3.8, 4) is 0 Å². The predicted molar refractivity (Wildman–Crippen MR) is 182 cm³/mol. The van der Waals surface area contributed by atoms with Crippen LogP contribution in [-0.4, -0.2) is 42.1 Å².